The Morgan fingerprint density at radius 1 is 1.62 bits per heavy atom. The van der Waals surface area contributed by atoms with Gasteiger partial charge in [0.05, 0.1) is 10.6 Å². The molecule has 0 aliphatic rings. The average molecular weight is 309 g/mol. The summed E-state index contributed by atoms with van der Waals surface area (Å²) in [7, 11) is 0. The molecule has 1 aromatic rings. The molecule has 0 fully saturated rings. The minimum atomic E-state index is -0.449. The number of amides is 1. The minimum Gasteiger partial charge on any atom is -0.350 e. The van der Waals surface area contributed by atoms with Crippen molar-refractivity contribution in [2.45, 2.75) is 19.4 Å². The van der Waals surface area contributed by atoms with Crippen LogP contribution in [0.2, 0.25) is 5.02 Å². The van der Waals surface area contributed by atoms with E-state index >= 15 is 0 Å². The summed E-state index contributed by atoms with van der Waals surface area (Å²) in [5.74, 6) is -0.728. The Bertz CT molecular complexity index is 386. The van der Waals surface area contributed by atoms with Crippen LogP contribution in [-0.4, -0.2) is 17.3 Å². The zero-order chi connectivity index (χ0) is 12.1. The molecule has 0 saturated carbocycles. The van der Waals surface area contributed by atoms with Gasteiger partial charge in [-0.25, -0.2) is 4.39 Å². The normalized spacial score (nSPS) is 12.2. The molecule has 1 unspecified atom stereocenters. The van der Waals surface area contributed by atoms with Gasteiger partial charge in [0, 0.05) is 11.4 Å². The van der Waals surface area contributed by atoms with Crippen molar-refractivity contribution < 1.29 is 9.18 Å². The first kappa shape index (κ1) is 13.5. The van der Waals surface area contributed by atoms with Gasteiger partial charge in [0.15, 0.2) is 0 Å². The van der Waals surface area contributed by atoms with Gasteiger partial charge in [-0.15, -0.1) is 0 Å². The van der Waals surface area contributed by atoms with Crippen molar-refractivity contribution in [3.8, 4) is 0 Å². The number of carbonyl (C=O) groups excluding carboxylic acids is 1. The van der Waals surface area contributed by atoms with E-state index < -0.39 is 5.82 Å². The number of halogens is 3. The van der Waals surface area contributed by atoms with Crippen molar-refractivity contribution in [1.82, 2.24) is 5.32 Å². The molecule has 1 amide bonds. The Labute approximate surface area is 107 Å². The first-order valence-corrected chi connectivity index (χ1v) is 6.36. The third-order valence-corrected chi connectivity index (χ3v) is 2.87. The highest BCUT2D eigenvalue weighted by atomic mass is 79.9. The SMILES string of the molecule is CC(CCBr)NC(=O)c1ccc(F)cc1Cl. The number of benzene rings is 1. The number of hydrogen-bond donors (Lipinski definition) is 1. The van der Waals surface area contributed by atoms with E-state index in [1.54, 1.807) is 0 Å². The largest absolute Gasteiger partial charge is 0.350 e. The molecule has 1 N–H and O–H groups in total. The summed E-state index contributed by atoms with van der Waals surface area (Å²) in [5, 5.41) is 3.72. The van der Waals surface area contributed by atoms with Crippen LogP contribution in [0.4, 0.5) is 4.39 Å². The van der Waals surface area contributed by atoms with Crippen LogP contribution in [0.5, 0.6) is 0 Å². The zero-order valence-electron chi connectivity index (χ0n) is 8.77. The summed E-state index contributed by atoms with van der Waals surface area (Å²) in [6.07, 6.45) is 0.824. The standard InChI is InChI=1S/C11H12BrClFNO/c1-7(4-5-12)15-11(16)9-3-2-8(14)6-10(9)13/h2-3,6-7H,4-5H2,1H3,(H,15,16). The average Bonchev–Trinajstić information content (AvgIpc) is 2.17. The van der Waals surface area contributed by atoms with Gasteiger partial charge >= 0.3 is 0 Å². The van der Waals surface area contributed by atoms with E-state index in [1.165, 1.54) is 12.1 Å². The molecule has 1 atom stereocenters. The molecule has 0 aliphatic heterocycles. The molecular weight excluding hydrogens is 296 g/mol. The maximum atomic E-state index is 12.8. The van der Waals surface area contributed by atoms with Gasteiger partial charge in [0.2, 0.25) is 0 Å². The third-order valence-electron chi connectivity index (χ3n) is 2.10. The third kappa shape index (κ3) is 3.76. The molecule has 0 spiro atoms. The van der Waals surface area contributed by atoms with E-state index in [1.807, 2.05) is 6.92 Å². The summed E-state index contributed by atoms with van der Waals surface area (Å²) < 4.78 is 12.8. The zero-order valence-corrected chi connectivity index (χ0v) is 11.1. The Hall–Kier alpha value is -0.610. The fourth-order valence-corrected chi connectivity index (χ4v) is 2.15. The molecule has 0 radical (unpaired) electrons. The van der Waals surface area contributed by atoms with Gasteiger partial charge in [-0.2, -0.15) is 0 Å². The number of hydrogen-bond acceptors (Lipinski definition) is 1. The topological polar surface area (TPSA) is 29.1 Å². The second-order valence-electron chi connectivity index (χ2n) is 3.48. The quantitative estimate of drug-likeness (QED) is 0.849. The predicted molar refractivity (Wildman–Crippen MR) is 66.7 cm³/mol. The van der Waals surface area contributed by atoms with E-state index in [0.717, 1.165) is 17.8 Å². The number of nitrogens with one attached hydrogen (secondary N) is 1. The van der Waals surface area contributed by atoms with E-state index in [-0.39, 0.29) is 17.0 Å². The summed E-state index contributed by atoms with van der Waals surface area (Å²) >= 11 is 9.07. The van der Waals surface area contributed by atoms with Crippen molar-refractivity contribution in [2.24, 2.45) is 0 Å². The van der Waals surface area contributed by atoms with Crippen molar-refractivity contribution in [2.75, 3.05) is 5.33 Å². The Morgan fingerprint density at radius 3 is 2.88 bits per heavy atom. The molecule has 0 saturated heterocycles. The molecular formula is C11H12BrClFNO. The summed E-state index contributed by atoms with van der Waals surface area (Å²) in [6, 6.07) is 3.78. The van der Waals surface area contributed by atoms with Crippen molar-refractivity contribution >= 4 is 33.4 Å². The maximum absolute atomic E-state index is 12.8. The van der Waals surface area contributed by atoms with Gasteiger partial charge in [0.25, 0.3) is 5.91 Å². The van der Waals surface area contributed by atoms with Crippen LogP contribution in [0.15, 0.2) is 18.2 Å². The lowest BCUT2D eigenvalue weighted by atomic mass is 10.2. The van der Waals surface area contributed by atoms with Gasteiger partial charge in [-0.3, -0.25) is 4.79 Å². The summed E-state index contributed by atoms with van der Waals surface area (Å²) in [6.45, 7) is 1.90. The second kappa shape index (κ2) is 6.21. The van der Waals surface area contributed by atoms with Crippen LogP contribution >= 0.6 is 27.5 Å². The first-order chi connectivity index (χ1) is 7.54. The van der Waals surface area contributed by atoms with E-state index in [9.17, 15) is 9.18 Å². The summed E-state index contributed by atoms with van der Waals surface area (Å²) in [4.78, 5) is 11.7. The number of carbonyl (C=O) groups is 1. The highest BCUT2D eigenvalue weighted by Crippen LogP contribution is 2.17. The second-order valence-corrected chi connectivity index (χ2v) is 4.68. The lowest BCUT2D eigenvalue weighted by Crippen LogP contribution is -2.32. The Balaban J connectivity index is 2.73. The lowest BCUT2D eigenvalue weighted by Gasteiger charge is -2.12. The highest BCUT2D eigenvalue weighted by Gasteiger charge is 2.13. The van der Waals surface area contributed by atoms with Crippen molar-refractivity contribution in [3.05, 3.63) is 34.6 Å². The number of rotatable bonds is 4. The Kier molecular flexibility index (Phi) is 5.22. The number of alkyl halides is 1. The van der Waals surface area contributed by atoms with Crippen LogP contribution in [0.3, 0.4) is 0 Å². The smallest absolute Gasteiger partial charge is 0.253 e. The molecule has 5 heteroatoms. The molecule has 2 nitrogen and oxygen atoms in total. The molecule has 1 rings (SSSR count). The first-order valence-electron chi connectivity index (χ1n) is 4.86. The van der Waals surface area contributed by atoms with Crippen molar-refractivity contribution in [1.29, 1.82) is 0 Å². The van der Waals surface area contributed by atoms with Crippen LogP contribution in [0.25, 0.3) is 0 Å². The van der Waals surface area contributed by atoms with E-state index in [2.05, 4.69) is 21.2 Å². The van der Waals surface area contributed by atoms with Crippen LogP contribution in [0.1, 0.15) is 23.7 Å². The fraction of sp³-hybridized carbons (Fsp3) is 0.364. The van der Waals surface area contributed by atoms with Gasteiger partial charge in [-0.1, -0.05) is 27.5 Å². The molecule has 0 aliphatic carbocycles. The molecule has 0 aromatic heterocycles. The van der Waals surface area contributed by atoms with Crippen LogP contribution < -0.4 is 5.32 Å². The highest BCUT2D eigenvalue weighted by molar-refractivity contribution is 9.09. The van der Waals surface area contributed by atoms with Crippen LogP contribution in [-0.2, 0) is 0 Å². The molecule has 1 aromatic carbocycles. The van der Waals surface area contributed by atoms with Crippen molar-refractivity contribution in [3.63, 3.8) is 0 Å². The molecule has 16 heavy (non-hydrogen) atoms. The van der Waals surface area contributed by atoms with Gasteiger partial charge in [0.1, 0.15) is 5.82 Å². The molecule has 0 bridgehead atoms. The Morgan fingerprint density at radius 2 is 2.31 bits per heavy atom. The monoisotopic (exact) mass is 307 g/mol. The van der Waals surface area contributed by atoms with Gasteiger partial charge < -0.3 is 5.32 Å². The predicted octanol–water partition coefficient (Wildman–Crippen LogP) is 3.38. The van der Waals surface area contributed by atoms with E-state index in [4.69, 9.17) is 11.6 Å². The van der Waals surface area contributed by atoms with Gasteiger partial charge in [-0.05, 0) is 31.5 Å². The van der Waals surface area contributed by atoms with E-state index in [0.29, 0.717) is 5.56 Å². The lowest BCUT2D eigenvalue weighted by molar-refractivity contribution is 0.0939. The van der Waals surface area contributed by atoms with Crippen LogP contribution in [0, 0.1) is 5.82 Å². The minimum absolute atomic E-state index is 0.0491. The molecule has 88 valence electrons. The summed E-state index contributed by atoms with van der Waals surface area (Å²) in [5.41, 5.74) is 0.296. The molecule has 0 heterocycles. The fourth-order valence-electron chi connectivity index (χ4n) is 1.21. The maximum Gasteiger partial charge on any atom is 0.253 e.